The molecular formula is C15H16N2O6S. The van der Waals surface area contributed by atoms with Crippen molar-refractivity contribution in [2.75, 3.05) is 14.2 Å². The summed E-state index contributed by atoms with van der Waals surface area (Å²) in [6.45, 7) is 1.84. The van der Waals surface area contributed by atoms with Gasteiger partial charge in [0.25, 0.3) is 10.0 Å². The summed E-state index contributed by atoms with van der Waals surface area (Å²) in [7, 11) is -1.66. The van der Waals surface area contributed by atoms with Crippen molar-refractivity contribution in [1.82, 2.24) is 8.96 Å². The van der Waals surface area contributed by atoms with Crippen molar-refractivity contribution in [3.8, 4) is 0 Å². The van der Waals surface area contributed by atoms with Gasteiger partial charge in [-0.15, -0.1) is 0 Å². The van der Waals surface area contributed by atoms with E-state index >= 15 is 0 Å². The van der Waals surface area contributed by atoms with Gasteiger partial charge in [-0.05, 0) is 19.1 Å². The van der Waals surface area contributed by atoms with Crippen molar-refractivity contribution in [3.63, 3.8) is 0 Å². The fourth-order valence-electron chi connectivity index (χ4n) is 2.01. The molecule has 24 heavy (non-hydrogen) atoms. The summed E-state index contributed by atoms with van der Waals surface area (Å²) in [5.41, 5.74) is 0.834. The molecule has 8 nitrogen and oxygen atoms in total. The number of hydrogen-bond donors (Lipinski definition) is 0. The number of carbonyl (C=O) groups excluding carboxylic acids is 2. The van der Waals surface area contributed by atoms with Crippen LogP contribution in [0, 0.1) is 6.92 Å². The number of aromatic nitrogens is 2. The van der Waals surface area contributed by atoms with Crippen LogP contribution < -0.4 is 0 Å². The van der Waals surface area contributed by atoms with Crippen LogP contribution in [0.1, 0.15) is 17.2 Å². The standard InChI is InChI=1S/C15H16N2O6S/c1-10-4-6-11(7-5-10)24(20,21)17-8-12(16-9-17)13(14(18)22-2)15(19)23-3/h4-9,13H,1-3H3. The van der Waals surface area contributed by atoms with E-state index in [1.54, 1.807) is 12.1 Å². The Morgan fingerprint density at radius 3 is 2.12 bits per heavy atom. The van der Waals surface area contributed by atoms with Crippen molar-refractivity contribution >= 4 is 22.0 Å². The molecule has 0 atom stereocenters. The molecule has 9 heteroatoms. The molecule has 0 fully saturated rings. The van der Waals surface area contributed by atoms with E-state index in [-0.39, 0.29) is 10.6 Å². The minimum Gasteiger partial charge on any atom is -0.468 e. The van der Waals surface area contributed by atoms with Gasteiger partial charge in [-0.2, -0.15) is 0 Å². The lowest BCUT2D eigenvalue weighted by atomic mass is 10.1. The van der Waals surface area contributed by atoms with E-state index in [4.69, 9.17) is 0 Å². The summed E-state index contributed by atoms with van der Waals surface area (Å²) in [4.78, 5) is 27.4. The highest BCUT2D eigenvalue weighted by atomic mass is 32.2. The first-order valence-electron chi connectivity index (χ1n) is 6.83. The van der Waals surface area contributed by atoms with Gasteiger partial charge >= 0.3 is 11.9 Å². The molecule has 0 amide bonds. The third-order valence-corrected chi connectivity index (χ3v) is 4.97. The second kappa shape index (κ2) is 6.83. The number of hydrogen-bond acceptors (Lipinski definition) is 7. The lowest BCUT2D eigenvalue weighted by Gasteiger charge is -2.09. The highest BCUT2D eigenvalue weighted by molar-refractivity contribution is 7.90. The van der Waals surface area contributed by atoms with E-state index in [2.05, 4.69) is 14.5 Å². The number of esters is 2. The molecule has 0 unspecified atom stereocenters. The summed E-state index contributed by atoms with van der Waals surface area (Å²) < 4.78 is 35.0. The molecule has 2 aromatic rings. The minimum atomic E-state index is -3.88. The molecule has 0 N–H and O–H groups in total. The Hall–Kier alpha value is -2.68. The first kappa shape index (κ1) is 17.7. The van der Waals surface area contributed by atoms with Crippen LogP contribution in [0.2, 0.25) is 0 Å². The average Bonchev–Trinajstić information content (AvgIpc) is 3.05. The van der Waals surface area contributed by atoms with Crippen molar-refractivity contribution in [3.05, 3.63) is 48.0 Å². The quantitative estimate of drug-likeness (QED) is 0.580. The molecule has 0 aliphatic heterocycles. The van der Waals surface area contributed by atoms with E-state index in [9.17, 15) is 18.0 Å². The summed E-state index contributed by atoms with van der Waals surface area (Å²) in [5, 5.41) is 0. The van der Waals surface area contributed by atoms with Crippen molar-refractivity contribution < 1.29 is 27.5 Å². The lowest BCUT2D eigenvalue weighted by Crippen LogP contribution is -2.24. The van der Waals surface area contributed by atoms with Gasteiger partial charge in [0.15, 0.2) is 5.92 Å². The second-order valence-corrected chi connectivity index (χ2v) is 6.77. The molecule has 1 aromatic heterocycles. The van der Waals surface area contributed by atoms with Crippen molar-refractivity contribution in [2.24, 2.45) is 0 Å². The predicted molar refractivity (Wildman–Crippen MR) is 82.8 cm³/mol. The monoisotopic (exact) mass is 352 g/mol. The second-order valence-electron chi connectivity index (χ2n) is 4.93. The van der Waals surface area contributed by atoms with E-state index < -0.39 is 27.9 Å². The normalized spacial score (nSPS) is 11.3. The average molecular weight is 352 g/mol. The van der Waals surface area contributed by atoms with Crippen LogP contribution >= 0.6 is 0 Å². The fraction of sp³-hybridized carbons (Fsp3) is 0.267. The number of nitrogens with zero attached hydrogens (tertiary/aromatic N) is 2. The van der Waals surface area contributed by atoms with Crippen LogP contribution in [-0.4, -0.2) is 43.5 Å². The summed E-state index contributed by atoms with van der Waals surface area (Å²) >= 11 is 0. The summed E-state index contributed by atoms with van der Waals surface area (Å²) in [5.74, 6) is -3.23. The van der Waals surface area contributed by atoms with E-state index in [1.165, 1.54) is 12.1 Å². The van der Waals surface area contributed by atoms with Gasteiger partial charge in [0.2, 0.25) is 0 Å². The zero-order valence-corrected chi connectivity index (χ0v) is 14.1. The number of methoxy groups -OCH3 is 2. The molecule has 0 aliphatic carbocycles. The third-order valence-electron chi connectivity index (χ3n) is 3.35. The topological polar surface area (TPSA) is 105 Å². The van der Waals surface area contributed by atoms with E-state index in [0.717, 1.165) is 36.3 Å². The number of aryl methyl sites for hydroxylation is 1. The maximum atomic E-state index is 12.6. The van der Waals surface area contributed by atoms with Crippen molar-refractivity contribution in [2.45, 2.75) is 17.7 Å². The molecule has 0 aliphatic rings. The van der Waals surface area contributed by atoms with Crippen molar-refractivity contribution in [1.29, 1.82) is 0 Å². The van der Waals surface area contributed by atoms with Gasteiger partial charge in [0, 0.05) is 6.20 Å². The van der Waals surface area contributed by atoms with Gasteiger partial charge in [0.05, 0.1) is 24.8 Å². The first-order chi connectivity index (χ1) is 11.3. The largest absolute Gasteiger partial charge is 0.468 e. The van der Waals surface area contributed by atoms with Gasteiger partial charge in [-0.25, -0.2) is 17.4 Å². The molecule has 0 bridgehead atoms. The maximum absolute atomic E-state index is 12.6. The van der Waals surface area contributed by atoms with Crippen LogP contribution in [-0.2, 0) is 29.1 Å². The first-order valence-corrected chi connectivity index (χ1v) is 8.27. The summed E-state index contributed by atoms with van der Waals surface area (Å²) in [6, 6.07) is 6.25. The Bertz CT molecular complexity index is 838. The number of carbonyl (C=O) groups is 2. The molecule has 0 saturated carbocycles. The molecule has 2 rings (SSSR count). The summed E-state index contributed by atoms with van der Waals surface area (Å²) in [6.07, 6.45) is 2.11. The third kappa shape index (κ3) is 3.30. The maximum Gasteiger partial charge on any atom is 0.326 e. The van der Waals surface area contributed by atoms with Crippen LogP contribution in [0.5, 0.6) is 0 Å². The highest BCUT2D eigenvalue weighted by Crippen LogP contribution is 2.20. The zero-order chi connectivity index (χ0) is 17.9. The van der Waals surface area contributed by atoms with E-state index in [1.807, 2.05) is 6.92 Å². The molecule has 0 saturated heterocycles. The van der Waals surface area contributed by atoms with Crippen LogP contribution in [0.4, 0.5) is 0 Å². The molecule has 128 valence electrons. The zero-order valence-electron chi connectivity index (χ0n) is 13.3. The van der Waals surface area contributed by atoms with Gasteiger partial charge in [-0.3, -0.25) is 9.59 Å². The number of imidazole rings is 1. The van der Waals surface area contributed by atoms with Crippen LogP contribution in [0.15, 0.2) is 41.7 Å². The van der Waals surface area contributed by atoms with E-state index in [0.29, 0.717) is 0 Å². The van der Waals surface area contributed by atoms with Gasteiger partial charge in [0.1, 0.15) is 6.33 Å². The Morgan fingerprint density at radius 2 is 1.62 bits per heavy atom. The Balaban J connectivity index is 2.43. The number of ether oxygens (including phenoxy) is 2. The Kier molecular flexibility index (Phi) is 5.03. The van der Waals surface area contributed by atoms with Crippen LogP contribution in [0.25, 0.3) is 0 Å². The Labute approximate surface area is 139 Å². The van der Waals surface area contributed by atoms with Gasteiger partial charge < -0.3 is 9.47 Å². The molecule has 1 aromatic carbocycles. The SMILES string of the molecule is COC(=O)C(C(=O)OC)c1cn(S(=O)(=O)c2ccc(C)cc2)cn1. The molecule has 1 heterocycles. The molecule has 0 spiro atoms. The fourth-order valence-corrected chi connectivity index (χ4v) is 3.15. The smallest absolute Gasteiger partial charge is 0.326 e. The predicted octanol–water partition coefficient (Wildman–Crippen LogP) is 0.858. The molecule has 0 radical (unpaired) electrons. The lowest BCUT2D eigenvalue weighted by molar-refractivity contribution is -0.154. The minimum absolute atomic E-state index is 0.0599. The Morgan fingerprint density at radius 1 is 1.08 bits per heavy atom. The number of rotatable bonds is 5. The van der Waals surface area contributed by atoms with Crippen LogP contribution in [0.3, 0.4) is 0 Å². The number of benzene rings is 1. The van der Waals surface area contributed by atoms with Gasteiger partial charge in [-0.1, -0.05) is 17.7 Å². The molecular weight excluding hydrogens is 336 g/mol. The highest BCUT2D eigenvalue weighted by Gasteiger charge is 2.33.